The van der Waals surface area contributed by atoms with Crippen LogP contribution in [0.1, 0.15) is 57.6 Å². The van der Waals surface area contributed by atoms with E-state index < -0.39 is 0 Å². The average Bonchev–Trinajstić information content (AvgIpc) is 2.42. The van der Waals surface area contributed by atoms with Crippen LogP contribution in [-0.4, -0.2) is 24.7 Å². The molecule has 21 heavy (non-hydrogen) atoms. The lowest BCUT2D eigenvalue weighted by Gasteiger charge is -2.50. The van der Waals surface area contributed by atoms with Gasteiger partial charge in [0.15, 0.2) is 0 Å². The Morgan fingerprint density at radius 2 is 2.14 bits per heavy atom. The maximum absolute atomic E-state index is 12.2. The summed E-state index contributed by atoms with van der Waals surface area (Å²) in [7, 11) is 1.47. The molecule has 2 rings (SSSR count). The highest BCUT2D eigenvalue weighted by Crippen LogP contribution is 2.45. The first-order chi connectivity index (χ1) is 9.81. The Morgan fingerprint density at radius 3 is 2.71 bits per heavy atom. The van der Waals surface area contributed by atoms with Gasteiger partial charge in [-0.2, -0.15) is 0 Å². The van der Waals surface area contributed by atoms with Gasteiger partial charge in [-0.15, -0.1) is 0 Å². The van der Waals surface area contributed by atoms with Crippen LogP contribution < -0.4 is 4.90 Å². The smallest absolute Gasteiger partial charge is 0.328 e. The maximum Gasteiger partial charge on any atom is 0.328 e. The van der Waals surface area contributed by atoms with Crippen LogP contribution in [-0.2, 0) is 9.53 Å². The van der Waals surface area contributed by atoms with E-state index in [1.165, 1.54) is 23.9 Å². The highest BCUT2D eigenvalue weighted by Gasteiger charge is 2.42. The van der Waals surface area contributed by atoms with Gasteiger partial charge < -0.3 is 9.64 Å². The van der Waals surface area contributed by atoms with Crippen molar-refractivity contribution in [2.45, 2.75) is 65.0 Å². The minimum Gasteiger partial charge on any atom is -0.467 e. The standard InChI is InChI=1S/C18H27NO2/c1-7-15(17(20)21-6)19-16-9-8-12(2)10-14(16)13(3)11-18(19,4)5/h8-10,13,15H,7,11H2,1-6H3. The number of fused-ring (bicyclic) bond motifs is 1. The lowest BCUT2D eigenvalue weighted by Crippen LogP contribution is -2.56. The van der Waals surface area contributed by atoms with Crippen molar-refractivity contribution in [2.24, 2.45) is 0 Å². The van der Waals surface area contributed by atoms with Crippen molar-refractivity contribution in [1.29, 1.82) is 0 Å². The van der Waals surface area contributed by atoms with Crippen molar-refractivity contribution < 1.29 is 9.53 Å². The molecule has 2 atom stereocenters. The number of esters is 1. The molecule has 116 valence electrons. The van der Waals surface area contributed by atoms with Gasteiger partial charge in [0.1, 0.15) is 6.04 Å². The third-order valence-corrected chi connectivity index (χ3v) is 4.60. The van der Waals surface area contributed by atoms with Crippen LogP contribution in [0.25, 0.3) is 0 Å². The summed E-state index contributed by atoms with van der Waals surface area (Å²) >= 11 is 0. The Hall–Kier alpha value is -1.51. The van der Waals surface area contributed by atoms with Gasteiger partial charge in [0.2, 0.25) is 0 Å². The number of anilines is 1. The maximum atomic E-state index is 12.2. The van der Waals surface area contributed by atoms with Gasteiger partial charge in [0, 0.05) is 11.2 Å². The average molecular weight is 289 g/mol. The zero-order valence-corrected chi connectivity index (χ0v) is 14.1. The van der Waals surface area contributed by atoms with Crippen LogP contribution in [0, 0.1) is 6.92 Å². The highest BCUT2D eigenvalue weighted by molar-refractivity contribution is 5.81. The third kappa shape index (κ3) is 2.78. The molecule has 1 aromatic rings. The minimum absolute atomic E-state index is 0.0590. The zero-order chi connectivity index (χ0) is 15.8. The minimum atomic E-state index is -0.223. The second kappa shape index (κ2) is 5.70. The van der Waals surface area contributed by atoms with E-state index in [4.69, 9.17) is 4.74 Å². The molecular weight excluding hydrogens is 262 g/mol. The molecule has 0 aliphatic carbocycles. The predicted molar refractivity (Wildman–Crippen MR) is 86.9 cm³/mol. The molecule has 0 saturated heterocycles. The second-order valence-corrected chi connectivity index (χ2v) is 6.80. The fraction of sp³-hybridized carbons (Fsp3) is 0.611. The van der Waals surface area contributed by atoms with Crippen molar-refractivity contribution >= 4 is 11.7 Å². The molecule has 0 aromatic heterocycles. The summed E-state index contributed by atoms with van der Waals surface area (Å²) in [5.74, 6) is 0.355. The van der Waals surface area contributed by atoms with Crippen molar-refractivity contribution in [3.05, 3.63) is 29.3 Å². The van der Waals surface area contributed by atoms with Crippen LogP contribution >= 0.6 is 0 Å². The molecule has 2 unspecified atom stereocenters. The first-order valence-electron chi connectivity index (χ1n) is 7.79. The number of carbonyl (C=O) groups is 1. The number of rotatable bonds is 3. The van der Waals surface area contributed by atoms with E-state index >= 15 is 0 Å². The van der Waals surface area contributed by atoms with Gasteiger partial charge in [-0.05, 0) is 51.2 Å². The van der Waals surface area contributed by atoms with E-state index in [1.807, 2.05) is 6.92 Å². The van der Waals surface area contributed by atoms with Gasteiger partial charge >= 0.3 is 5.97 Å². The predicted octanol–water partition coefficient (Wildman–Crippen LogP) is 4.04. The molecule has 3 heteroatoms. The van der Waals surface area contributed by atoms with Crippen molar-refractivity contribution in [2.75, 3.05) is 12.0 Å². The molecule has 0 amide bonds. The largest absolute Gasteiger partial charge is 0.467 e. The monoisotopic (exact) mass is 289 g/mol. The summed E-state index contributed by atoms with van der Waals surface area (Å²) in [4.78, 5) is 14.5. The van der Waals surface area contributed by atoms with E-state index in [-0.39, 0.29) is 17.6 Å². The summed E-state index contributed by atoms with van der Waals surface area (Å²) in [5, 5.41) is 0. The molecule has 1 aliphatic heterocycles. The number of carbonyl (C=O) groups excluding carboxylic acids is 1. The molecule has 3 nitrogen and oxygen atoms in total. The Bertz CT molecular complexity index is 536. The molecule has 0 radical (unpaired) electrons. The number of hydrogen-bond donors (Lipinski definition) is 0. The summed E-state index contributed by atoms with van der Waals surface area (Å²) in [6.07, 6.45) is 1.79. The van der Waals surface area contributed by atoms with E-state index in [9.17, 15) is 4.79 Å². The number of aryl methyl sites for hydroxylation is 1. The van der Waals surface area contributed by atoms with Gasteiger partial charge in [-0.25, -0.2) is 4.79 Å². The first-order valence-corrected chi connectivity index (χ1v) is 7.79. The van der Waals surface area contributed by atoms with Crippen LogP contribution in [0.5, 0.6) is 0 Å². The summed E-state index contributed by atoms with van der Waals surface area (Å²) in [5.41, 5.74) is 3.74. The Kier molecular flexibility index (Phi) is 4.31. The molecule has 0 bridgehead atoms. The van der Waals surface area contributed by atoms with Gasteiger partial charge in [-0.1, -0.05) is 31.5 Å². The van der Waals surface area contributed by atoms with Crippen LogP contribution in [0.3, 0.4) is 0 Å². The number of methoxy groups -OCH3 is 1. The number of ether oxygens (including phenoxy) is 1. The van der Waals surface area contributed by atoms with Crippen LogP contribution in [0.4, 0.5) is 5.69 Å². The lowest BCUT2D eigenvalue weighted by atomic mass is 9.78. The molecule has 0 N–H and O–H groups in total. The van der Waals surface area contributed by atoms with Crippen LogP contribution in [0.15, 0.2) is 18.2 Å². The molecular formula is C18H27NO2. The highest BCUT2D eigenvalue weighted by atomic mass is 16.5. The van der Waals surface area contributed by atoms with E-state index in [2.05, 4.69) is 50.8 Å². The number of nitrogens with zero attached hydrogens (tertiary/aromatic N) is 1. The van der Waals surface area contributed by atoms with Crippen LogP contribution in [0.2, 0.25) is 0 Å². The molecule has 1 heterocycles. The van der Waals surface area contributed by atoms with Gasteiger partial charge in [-0.3, -0.25) is 0 Å². The normalized spacial score (nSPS) is 21.6. The van der Waals surface area contributed by atoms with E-state index in [0.717, 1.165) is 12.8 Å². The SMILES string of the molecule is CCC(C(=O)OC)N1c2ccc(C)cc2C(C)CC1(C)C. The first kappa shape index (κ1) is 15.9. The van der Waals surface area contributed by atoms with E-state index in [1.54, 1.807) is 0 Å². The van der Waals surface area contributed by atoms with Gasteiger partial charge in [0.25, 0.3) is 0 Å². The fourth-order valence-electron chi connectivity index (χ4n) is 3.75. The van der Waals surface area contributed by atoms with Crippen molar-refractivity contribution in [3.8, 4) is 0 Å². The van der Waals surface area contributed by atoms with Crippen molar-refractivity contribution in [3.63, 3.8) is 0 Å². The number of hydrogen-bond acceptors (Lipinski definition) is 3. The lowest BCUT2D eigenvalue weighted by molar-refractivity contribution is -0.142. The molecule has 0 saturated carbocycles. The molecule has 0 fully saturated rings. The number of benzene rings is 1. The van der Waals surface area contributed by atoms with Crippen molar-refractivity contribution in [1.82, 2.24) is 0 Å². The Balaban J connectivity index is 2.57. The summed E-state index contributed by atoms with van der Waals surface area (Å²) in [6, 6.07) is 6.32. The molecule has 1 aliphatic rings. The molecule has 0 spiro atoms. The molecule has 1 aromatic carbocycles. The topological polar surface area (TPSA) is 29.5 Å². The Morgan fingerprint density at radius 1 is 1.48 bits per heavy atom. The van der Waals surface area contributed by atoms with E-state index in [0.29, 0.717) is 5.92 Å². The summed E-state index contributed by atoms with van der Waals surface area (Å²) < 4.78 is 5.03. The zero-order valence-electron chi connectivity index (χ0n) is 14.1. The fourth-order valence-corrected chi connectivity index (χ4v) is 3.75. The van der Waals surface area contributed by atoms with Gasteiger partial charge in [0.05, 0.1) is 7.11 Å². The second-order valence-electron chi connectivity index (χ2n) is 6.80. The summed E-state index contributed by atoms with van der Waals surface area (Å²) in [6.45, 7) is 10.9. The quantitative estimate of drug-likeness (QED) is 0.787. The third-order valence-electron chi connectivity index (χ3n) is 4.60. The Labute approximate surface area is 128 Å².